The minimum absolute atomic E-state index is 0.105. The number of pyridine rings is 1. The summed E-state index contributed by atoms with van der Waals surface area (Å²) >= 11 is 0. The van der Waals surface area contributed by atoms with Crippen LogP contribution < -0.4 is 10.6 Å². The number of nitrogens with two attached hydrogens (primary N) is 1. The van der Waals surface area contributed by atoms with Crippen LogP contribution in [0.15, 0.2) is 36.5 Å². The van der Waals surface area contributed by atoms with Crippen molar-refractivity contribution in [1.29, 1.82) is 0 Å². The molecule has 0 aliphatic rings. The van der Waals surface area contributed by atoms with Crippen molar-refractivity contribution in [1.82, 2.24) is 4.98 Å². The molecule has 0 aliphatic carbocycles. The van der Waals surface area contributed by atoms with Crippen molar-refractivity contribution in [2.75, 3.05) is 17.2 Å². The lowest BCUT2D eigenvalue weighted by Gasteiger charge is -2.24. The summed E-state index contributed by atoms with van der Waals surface area (Å²) in [5.74, 6) is -0.634. The fourth-order valence-corrected chi connectivity index (χ4v) is 2.10. The molecule has 0 atom stereocenters. The first-order valence-corrected chi connectivity index (χ1v) is 6.36. The number of benzene rings is 1. The number of hydrogen-bond acceptors (Lipinski definition) is 4. The van der Waals surface area contributed by atoms with Crippen molar-refractivity contribution in [3.63, 3.8) is 0 Å². The van der Waals surface area contributed by atoms with E-state index < -0.39 is 5.97 Å². The molecule has 0 unspecified atom stereocenters. The molecular formula is C15H17N3O2. The summed E-state index contributed by atoms with van der Waals surface area (Å²) in [6.07, 6.45) is 1.47. The molecule has 104 valence electrons. The van der Waals surface area contributed by atoms with Crippen LogP contribution in [0.4, 0.5) is 17.2 Å². The van der Waals surface area contributed by atoms with Crippen molar-refractivity contribution < 1.29 is 9.90 Å². The lowest BCUT2D eigenvalue weighted by molar-refractivity contribution is 0.0697. The van der Waals surface area contributed by atoms with Crippen LogP contribution in [-0.2, 0) is 0 Å². The second-order valence-corrected chi connectivity index (χ2v) is 4.53. The number of aromatic nitrogens is 1. The van der Waals surface area contributed by atoms with Crippen LogP contribution in [0.25, 0.3) is 0 Å². The lowest BCUT2D eigenvalue weighted by atomic mass is 10.1. The van der Waals surface area contributed by atoms with E-state index in [1.54, 1.807) is 0 Å². The molecule has 0 fully saturated rings. The maximum atomic E-state index is 11.4. The molecule has 0 spiro atoms. The summed E-state index contributed by atoms with van der Waals surface area (Å²) in [6.45, 7) is 4.55. The minimum atomic E-state index is -1.04. The van der Waals surface area contributed by atoms with Crippen LogP contribution in [0.5, 0.6) is 0 Å². The molecule has 0 bridgehead atoms. The Morgan fingerprint density at radius 2 is 2.15 bits per heavy atom. The van der Waals surface area contributed by atoms with Crippen LogP contribution in [0.2, 0.25) is 0 Å². The van der Waals surface area contributed by atoms with Gasteiger partial charge in [-0.2, -0.15) is 0 Å². The number of rotatable bonds is 4. The number of nitrogen functional groups attached to an aromatic ring is 1. The van der Waals surface area contributed by atoms with Gasteiger partial charge in [0.05, 0.1) is 11.9 Å². The van der Waals surface area contributed by atoms with E-state index in [1.165, 1.54) is 12.3 Å². The Bertz CT molecular complexity index is 641. The third kappa shape index (κ3) is 2.71. The van der Waals surface area contributed by atoms with E-state index in [0.29, 0.717) is 18.1 Å². The number of aromatic carboxylic acids is 1. The van der Waals surface area contributed by atoms with Crippen LogP contribution >= 0.6 is 0 Å². The molecule has 20 heavy (non-hydrogen) atoms. The van der Waals surface area contributed by atoms with Crippen molar-refractivity contribution in [2.45, 2.75) is 13.8 Å². The van der Waals surface area contributed by atoms with Crippen molar-refractivity contribution in [3.05, 3.63) is 47.7 Å². The zero-order valence-corrected chi connectivity index (χ0v) is 11.5. The predicted octanol–water partition coefficient (Wildman–Crippen LogP) is 2.83. The van der Waals surface area contributed by atoms with E-state index in [2.05, 4.69) is 4.98 Å². The number of carboxylic acids is 1. The van der Waals surface area contributed by atoms with Crippen LogP contribution in [-0.4, -0.2) is 22.6 Å². The molecule has 1 aromatic heterocycles. The molecule has 0 aliphatic heterocycles. The molecule has 0 amide bonds. The van der Waals surface area contributed by atoms with Gasteiger partial charge in [-0.1, -0.05) is 12.1 Å². The second-order valence-electron chi connectivity index (χ2n) is 4.53. The number of carbonyl (C=O) groups is 1. The molecule has 1 aromatic carbocycles. The highest BCUT2D eigenvalue weighted by Gasteiger charge is 2.18. The number of nitrogens with zero attached hydrogens (tertiary/aromatic N) is 2. The normalized spacial score (nSPS) is 10.3. The summed E-state index contributed by atoms with van der Waals surface area (Å²) in [6, 6.07) is 9.29. The lowest BCUT2D eigenvalue weighted by Crippen LogP contribution is -2.21. The largest absolute Gasteiger partial charge is 0.478 e. The van der Waals surface area contributed by atoms with Gasteiger partial charge < -0.3 is 15.7 Å². The fourth-order valence-electron chi connectivity index (χ4n) is 2.10. The fraction of sp³-hybridized carbons (Fsp3) is 0.200. The first-order chi connectivity index (χ1) is 9.52. The zero-order valence-electron chi connectivity index (χ0n) is 11.5. The summed E-state index contributed by atoms with van der Waals surface area (Å²) in [5.41, 5.74) is 8.08. The Hall–Kier alpha value is -2.56. The van der Waals surface area contributed by atoms with Gasteiger partial charge in [-0.25, -0.2) is 9.78 Å². The monoisotopic (exact) mass is 271 g/mol. The molecule has 0 radical (unpaired) electrons. The third-order valence-corrected chi connectivity index (χ3v) is 3.00. The van der Waals surface area contributed by atoms with E-state index in [9.17, 15) is 9.90 Å². The Morgan fingerprint density at radius 1 is 1.40 bits per heavy atom. The van der Waals surface area contributed by atoms with Gasteiger partial charge in [0, 0.05) is 12.2 Å². The Labute approximate surface area is 117 Å². The van der Waals surface area contributed by atoms with E-state index in [0.717, 1.165) is 11.3 Å². The minimum Gasteiger partial charge on any atom is -0.478 e. The van der Waals surface area contributed by atoms with E-state index in [-0.39, 0.29) is 5.56 Å². The highest BCUT2D eigenvalue weighted by molar-refractivity contribution is 5.95. The second kappa shape index (κ2) is 5.61. The maximum absolute atomic E-state index is 11.4. The summed E-state index contributed by atoms with van der Waals surface area (Å²) in [4.78, 5) is 17.4. The Kier molecular flexibility index (Phi) is 3.89. The van der Waals surface area contributed by atoms with Gasteiger partial charge in [0.15, 0.2) is 0 Å². The van der Waals surface area contributed by atoms with Crippen LogP contribution in [0.3, 0.4) is 0 Å². The van der Waals surface area contributed by atoms with Crippen molar-refractivity contribution >= 4 is 23.2 Å². The Balaban J connectivity index is 2.55. The van der Waals surface area contributed by atoms with Gasteiger partial charge in [0.1, 0.15) is 11.4 Å². The first kappa shape index (κ1) is 13.9. The first-order valence-electron chi connectivity index (χ1n) is 6.36. The quantitative estimate of drug-likeness (QED) is 0.893. The highest BCUT2D eigenvalue weighted by Crippen LogP contribution is 2.28. The number of anilines is 3. The van der Waals surface area contributed by atoms with Gasteiger partial charge in [-0.3, -0.25) is 0 Å². The van der Waals surface area contributed by atoms with Gasteiger partial charge in [-0.05, 0) is 37.6 Å². The predicted molar refractivity (Wildman–Crippen MR) is 79.5 cm³/mol. The zero-order chi connectivity index (χ0) is 14.7. The standard InChI is InChI=1S/C15H17N3O2/c1-3-18(12-6-4-5-10(2)7-12)14-13(15(19)20)8-11(16)9-17-14/h4-9H,3,16H2,1-2H3,(H,19,20). The summed E-state index contributed by atoms with van der Waals surface area (Å²) in [7, 11) is 0. The molecule has 1 heterocycles. The van der Waals surface area contributed by atoms with Gasteiger partial charge in [0.2, 0.25) is 0 Å². The van der Waals surface area contributed by atoms with Crippen molar-refractivity contribution in [2.24, 2.45) is 0 Å². The highest BCUT2D eigenvalue weighted by atomic mass is 16.4. The van der Waals surface area contributed by atoms with Gasteiger partial charge >= 0.3 is 5.97 Å². The Morgan fingerprint density at radius 3 is 2.75 bits per heavy atom. The molecule has 3 N–H and O–H groups in total. The van der Waals surface area contributed by atoms with Crippen LogP contribution in [0.1, 0.15) is 22.8 Å². The van der Waals surface area contributed by atoms with Gasteiger partial charge in [0.25, 0.3) is 0 Å². The summed E-state index contributed by atoms with van der Waals surface area (Å²) < 4.78 is 0. The molecule has 5 heteroatoms. The SMILES string of the molecule is CCN(c1cccc(C)c1)c1ncc(N)cc1C(=O)O. The average molecular weight is 271 g/mol. The number of hydrogen-bond donors (Lipinski definition) is 2. The number of aryl methyl sites for hydroxylation is 1. The smallest absolute Gasteiger partial charge is 0.339 e. The van der Waals surface area contributed by atoms with E-state index >= 15 is 0 Å². The van der Waals surface area contributed by atoms with Crippen LogP contribution in [0, 0.1) is 6.92 Å². The van der Waals surface area contributed by atoms with E-state index in [1.807, 2.05) is 43.0 Å². The maximum Gasteiger partial charge on any atom is 0.339 e. The summed E-state index contributed by atoms with van der Waals surface area (Å²) in [5, 5.41) is 9.31. The van der Waals surface area contributed by atoms with Gasteiger partial charge in [-0.15, -0.1) is 0 Å². The molecule has 0 saturated heterocycles. The third-order valence-electron chi connectivity index (χ3n) is 3.00. The molecule has 2 aromatic rings. The molecule has 0 saturated carbocycles. The number of carboxylic acid groups (broad SMARTS) is 1. The van der Waals surface area contributed by atoms with E-state index in [4.69, 9.17) is 5.73 Å². The molecule has 2 rings (SSSR count). The average Bonchev–Trinajstić information content (AvgIpc) is 2.41. The molecule has 5 nitrogen and oxygen atoms in total. The topological polar surface area (TPSA) is 79.5 Å². The van der Waals surface area contributed by atoms with Crippen molar-refractivity contribution in [3.8, 4) is 0 Å². The molecular weight excluding hydrogens is 254 g/mol.